The van der Waals surface area contributed by atoms with Gasteiger partial charge in [0.25, 0.3) is 0 Å². The van der Waals surface area contributed by atoms with Crippen LogP contribution in [0.25, 0.3) is 0 Å². The van der Waals surface area contributed by atoms with Crippen molar-refractivity contribution in [3.05, 3.63) is 29.3 Å². The molecule has 104 valence electrons. The Morgan fingerprint density at radius 1 is 1.37 bits per heavy atom. The molecule has 0 aliphatic carbocycles. The van der Waals surface area contributed by atoms with Gasteiger partial charge in [-0.1, -0.05) is 6.92 Å². The van der Waals surface area contributed by atoms with Gasteiger partial charge in [0.05, 0.1) is 32.2 Å². The number of rotatable bonds is 4. The third-order valence-electron chi connectivity index (χ3n) is 4.41. The van der Waals surface area contributed by atoms with E-state index < -0.39 is 0 Å². The van der Waals surface area contributed by atoms with Crippen LogP contribution >= 0.6 is 0 Å². The van der Waals surface area contributed by atoms with Crippen LogP contribution in [0.5, 0.6) is 0 Å². The fraction of sp³-hybridized carbons (Fsp3) is 0.562. The van der Waals surface area contributed by atoms with Crippen LogP contribution < -0.4 is 9.80 Å². The second-order valence-electron chi connectivity index (χ2n) is 5.62. The number of hydrogen-bond acceptors (Lipinski definition) is 2. The fourth-order valence-electron chi connectivity index (χ4n) is 2.92. The van der Waals surface area contributed by atoms with Crippen LogP contribution in [0.4, 0.5) is 5.69 Å². The van der Waals surface area contributed by atoms with E-state index in [2.05, 4.69) is 31.7 Å². The molecular weight excluding hydrogens is 236 g/mol. The molecule has 0 amide bonds. The van der Waals surface area contributed by atoms with Gasteiger partial charge in [0.15, 0.2) is 0 Å². The number of carbonyl (C=O) groups is 1. The van der Waals surface area contributed by atoms with Crippen LogP contribution in [-0.4, -0.2) is 38.5 Å². The van der Waals surface area contributed by atoms with E-state index in [9.17, 15) is 4.79 Å². The highest BCUT2D eigenvalue weighted by atomic mass is 16.1. The van der Waals surface area contributed by atoms with Gasteiger partial charge in [0.2, 0.25) is 0 Å². The Bertz CT molecular complexity index is 436. The largest absolute Gasteiger partial charge is 0.360 e. The maximum Gasteiger partial charge on any atom is 0.150 e. The van der Waals surface area contributed by atoms with E-state index in [4.69, 9.17) is 0 Å². The molecule has 3 heteroatoms. The number of quaternary nitrogens is 1. The Kier molecular flexibility index (Phi) is 4.59. The second-order valence-corrected chi connectivity index (χ2v) is 5.62. The summed E-state index contributed by atoms with van der Waals surface area (Å²) in [6.45, 7) is 11.4. The van der Waals surface area contributed by atoms with Crippen LogP contribution in [0, 0.1) is 6.92 Å². The molecule has 1 aromatic rings. The molecule has 0 radical (unpaired) electrons. The molecule has 0 aromatic heterocycles. The smallest absolute Gasteiger partial charge is 0.150 e. The third-order valence-corrected chi connectivity index (χ3v) is 4.41. The minimum absolute atomic E-state index is 0.765. The number of anilines is 1. The highest BCUT2D eigenvalue weighted by Gasteiger charge is 2.24. The molecule has 0 unspecified atom stereocenters. The molecule has 1 aliphatic heterocycles. The maximum atomic E-state index is 10.8. The molecule has 0 bridgehead atoms. The van der Waals surface area contributed by atoms with E-state index in [0.717, 1.165) is 31.0 Å². The predicted molar refractivity (Wildman–Crippen MR) is 79.2 cm³/mol. The lowest BCUT2D eigenvalue weighted by Gasteiger charge is -2.37. The van der Waals surface area contributed by atoms with Crippen molar-refractivity contribution in [3.63, 3.8) is 0 Å². The van der Waals surface area contributed by atoms with Gasteiger partial charge in [-0.3, -0.25) is 4.79 Å². The summed E-state index contributed by atoms with van der Waals surface area (Å²) in [6.07, 6.45) is 2.17. The minimum atomic E-state index is 0.765. The van der Waals surface area contributed by atoms with Crippen molar-refractivity contribution in [1.29, 1.82) is 0 Å². The summed E-state index contributed by atoms with van der Waals surface area (Å²) >= 11 is 0. The average molecular weight is 261 g/mol. The number of hydrogen-bond donors (Lipinski definition) is 1. The quantitative estimate of drug-likeness (QED) is 0.827. The van der Waals surface area contributed by atoms with Gasteiger partial charge in [-0.2, -0.15) is 0 Å². The molecule has 1 atom stereocenters. The van der Waals surface area contributed by atoms with E-state index in [1.165, 1.54) is 30.8 Å². The van der Waals surface area contributed by atoms with Crippen molar-refractivity contribution in [1.82, 2.24) is 0 Å². The molecule has 1 aromatic carbocycles. The van der Waals surface area contributed by atoms with Gasteiger partial charge in [0.1, 0.15) is 6.29 Å². The van der Waals surface area contributed by atoms with Gasteiger partial charge in [-0.15, -0.1) is 0 Å². The van der Waals surface area contributed by atoms with E-state index in [1.807, 2.05) is 12.1 Å². The van der Waals surface area contributed by atoms with Crippen molar-refractivity contribution < 1.29 is 9.69 Å². The lowest BCUT2D eigenvalue weighted by atomic mass is 10.1. The molecule has 1 aliphatic rings. The second kappa shape index (κ2) is 6.20. The summed E-state index contributed by atoms with van der Waals surface area (Å²) in [4.78, 5) is 15.0. The van der Waals surface area contributed by atoms with Gasteiger partial charge >= 0.3 is 0 Å². The van der Waals surface area contributed by atoms with Crippen molar-refractivity contribution in [3.8, 4) is 0 Å². The van der Waals surface area contributed by atoms with Crippen molar-refractivity contribution in [2.24, 2.45) is 0 Å². The molecule has 0 spiro atoms. The van der Waals surface area contributed by atoms with E-state index in [-0.39, 0.29) is 0 Å². The van der Waals surface area contributed by atoms with Crippen molar-refractivity contribution >= 4 is 12.0 Å². The van der Waals surface area contributed by atoms with Crippen molar-refractivity contribution in [2.45, 2.75) is 33.2 Å². The molecule has 1 N–H and O–H groups in total. The highest BCUT2D eigenvalue weighted by molar-refractivity contribution is 5.77. The van der Waals surface area contributed by atoms with Crippen LogP contribution in [0.3, 0.4) is 0 Å². The minimum Gasteiger partial charge on any atom is -0.360 e. The molecular formula is C16H25N2O+. The standard InChI is InChI=1S/C16H24N2O/c1-4-14(3)17-7-9-18(10-8-17)16-6-5-15(12-19)11-13(16)2/h5-6,11-12,14H,4,7-10H2,1-3H3/p+1/t14-/m0/s1. The van der Waals surface area contributed by atoms with Crippen molar-refractivity contribution in [2.75, 3.05) is 31.1 Å². The van der Waals surface area contributed by atoms with Crippen LogP contribution in [-0.2, 0) is 0 Å². The predicted octanol–water partition coefficient (Wildman–Crippen LogP) is 1.31. The molecule has 1 fully saturated rings. The molecule has 19 heavy (non-hydrogen) atoms. The zero-order valence-corrected chi connectivity index (χ0v) is 12.3. The lowest BCUT2D eigenvalue weighted by Crippen LogP contribution is -3.17. The first-order chi connectivity index (χ1) is 9.15. The van der Waals surface area contributed by atoms with Gasteiger partial charge in [-0.25, -0.2) is 0 Å². The van der Waals surface area contributed by atoms with Gasteiger partial charge < -0.3 is 9.80 Å². The zero-order valence-electron chi connectivity index (χ0n) is 12.3. The highest BCUT2D eigenvalue weighted by Crippen LogP contribution is 2.20. The number of aryl methyl sites for hydroxylation is 1. The Morgan fingerprint density at radius 2 is 2.05 bits per heavy atom. The average Bonchev–Trinajstić information content (AvgIpc) is 2.46. The summed E-state index contributed by atoms with van der Waals surface area (Å²) in [7, 11) is 0. The van der Waals surface area contributed by atoms with Gasteiger partial charge in [-0.05, 0) is 44.0 Å². The first kappa shape index (κ1) is 14.1. The Morgan fingerprint density at radius 3 is 2.58 bits per heavy atom. The monoisotopic (exact) mass is 261 g/mol. The molecule has 1 saturated heterocycles. The molecule has 3 nitrogen and oxygen atoms in total. The molecule has 0 saturated carbocycles. The number of nitrogens with one attached hydrogen (secondary N) is 1. The van der Waals surface area contributed by atoms with Gasteiger partial charge in [0, 0.05) is 11.3 Å². The third kappa shape index (κ3) is 3.16. The van der Waals surface area contributed by atoms with Crippen LogP contribution in [0.1, 0.15) is 36.2 Å². The summed E-state index contributed by atoms with van der Waals surface area (Å²) in [6, 6.07) is 6.76. The molecule has 2 rings (SSSR count). The number of piperazine rings is 1. The Balaban J connectivity index is 2.03. The number of benzene rings is 1. The van der Waals surface area contributed by atoms with Crippen LogP contribution in [0.2, 0.25) is 0 Å². The van der Waals surface area contributed by atoms with E-state index >= 15 is 0 Å². The SMILES string of the molecule is CC[C@H](C)[NH+]1CCN(c2ccc(C=O)cc2C)CC1. The fourth-order valence-corrected chi connectivity index (χ4v) is 2.92. The summed E-state index contributed by atoms with van der Waals surface area (Å²) in [5.74, 6) is 0. The first-order valence-corrected chi connectivity index (χ1v) is 7.31. The summed E-state index contributed by atoms with van der Waals surface area (Å²) in [5, 5.41) is 0. The number of aldehydes is 1. The molecule has 1 heterocycles. The number of carbonyl (C=O) groups excluding carboxylic acids is 1. The lowest BCUT2D eigenvalue weighted by molar-refractivity contribution is -0.924. The summed E-state index contributed by atoms with van der Waals surface area (Å²) < 4.78 is 0. The normalized spacial score (nSPS) is 18.4. The zero-order chi connectivity index (χ0) is 13.8. The Labute approximate surface area is 116 Å². The topological polar surface area (TPSA) is 24.8 Å². The first-order valence-electron chi connectivity index (χ1n) is 7.31. The number of nitrogens with zero attached hydrogens (tertiary/aromatic N) is 1. The van der Waals surface area contributed by atoms with E-state index in [0.29, 0.717) is 0 Å². The summed E-state index contributed by atoms with van der Waals surface area (Å²) in [5.41, 5.74) is 3.26. The van der Waals surface area contributed by atoms with Crippen LogP contribution in [0.15, 0.2) is 18.2 Å². The Hall–Kier alpha value is -1.35. The maximum absolute atomic E-state index is 10.8. The van der Waals surface area contributed by atoms with E-state index in [1.54, 1.807) is 4.90 Å².